The molecule has 0 aliphatic heterocycles. The van der Waals surface area contributed by atoms with Crippen molar-refractivity contribution in [1.82, 2.24) is 0 Å². The van der Waals surface area contributed by atoms with Crippen molar-refractivity contribution in [2.45, 2.75) is 13.3 Å². The van der Waals surface area contributed by atoms with Crippen molar-refractivity contribution < 1.29 is 18.7 Å². The lowest BCUT2D eigenvalue weighted by molar-refractivity contribution is -0.117. The van der Waals surface area contributed by atoms with E-state index in [2.05, 4.69) is 0 Å². The molecule has 0 unspecified atom stereocenters. The Labute approximate surface area is 86.9 Å². The molecule has 0 saturated heterocycles. The monoisotopic (exact) mass is 210 g/mol. The van der Waals surface area contributed by atoms with E-state index in [9.17, 15) is 14.0 Å². The topological polar surface area (TPSA) is 43.4 Å². The first-order valence-electron chi connectivity index (χ1n) is 4.50. The zero-order chi connectivity index (χ0) is 11.3. The standard InChI is InChI=1S/C11H11FO3/c1-8(14)4-5-15-11-3-2-9(7-13)6-10(11)12/h2-3,6-7H,4-5H2,1H3. The zero-order valence-corrected chi connectivity index (χ0v) is 8.33. The molecular formula is C11H11FO3. The van der Waals surface area contributed by atoms with Gasteiger partial charge in [0.2, 0.25) is 0 Å². The summed E-state index contributed by atoms with van der Waals surface area (Å²) in [5.74, 6) is -0.551. The van der Waals surface area contributed by atoms with Gasteiger partial charge in [0.15, 0.2) is 11.6 Å². The average Bonchev–Trinajstić information content (AvgIpc) is 2.20. The van der Waals surface area contributed by atoms with Crippen LogP contribution in [0.3, 0.4) is 0 Å². The van der Waals surface area contributed by atoms with Gasteiger partial charge < -0.3 is 4.74 Å². The zero-order valence-electron chi connectivity index (χ0n) is 8.33. The highest BCUT2D eigenvalue weighted by Gasteiger charge is 2.04. The molecule has 0 bridgehead atoms. The molecule has 0 spiro atoms. The van der Waals surface area contributed by atoms with Gasteiger partial charge in [0.05, 0.1) is 6.61 Å². The summed E-state index contributed by atoms with van der Waals surface area (Å²) in [6.07, 6.45) is 0.803. The van der Waals surface area contributed by atoms with Gasteiger partial charge in [-0.1, -0.05) is 0 Å². The highest BCUT2D eigenvalue weighted by atomic mass is 19.1. The van der Waals surface area contributed by atoms with E-state index in [1.165, 1.54) is 19.1 Å². The molecular weight excluding hydrogens is 199 g/mol. The van der Waals surface area contributed by atoms with Gasteiger partial charge in [-0.3, -0.25) is 9.59 Å². The van der Waals surface area contributed by atoms with Gasteiger partial charge in [-0.05, 0) is 25.1 Å². The van der Waals surface area contributed by atoms with E-state index in [-0.39, 0.29) is 30.1 Å². The first-order valence-corrected chi connectivity index (χ1v) is 4.50. The molecule has 1 aromatic carbocycles. The number of ketones is 1. The third kappa shape index (κ3) is 3.50. The number of rotatable bonds is 5. The molecule has 0 aliphatic carbocycles. The maximum atomic E-state index is 13.2. The Morgan fingerprint density at radius 1 is 1.53 bits per heavy atom. The van der Waals surface area contributed by atoms with Crippen molar-refractivity contribution in [3.8, 4) is 5.75 Å². The molecule has 80 valence electrons. The molecule has 0 amide bonds. The van der Waals surface area contributed by atoms with Crippen molar-refractivity contribution in [3.63, 3.8) is 0 Å². The minimum atomic E-state index is -0.594. The number of Topliss-reactive ketones (excluding diaryl/α,β-unsaturated/α-hetero) is 1. The number of carbonyl (C=O) groups excluding carboxylic acids is 2. The summed E-state index contributed by atoms with van der Waals surface area (Å²) in [7, 11) is 0. The molecule has 0 radical (unpaired) electrons. The van der Waals surface area contributed by atoms with Crippen LogP contribution in [0.5, 0.6) is 5.75 Å². The lowest BCUT2D eigenvalue weighted by Gasteiger charge is -2.05. The highest BCUT2D eigenvalue weighted by Crippen LogP contribution is 2.17. The summed E-state index contributed by atoms with van der Waals surface area (Å²) in [6.45, 7) is 1.59. The van der Waals surface area contributed by atoms with E-state index in [1.807, 2.05) is 0 Å². The number of ether oxygens (including phenoxy) is 1. The van der Waals surface area contributed by atoms with Crippen LogP contribution in [0.2, 0.25) is 0 Å². The summed E-state index contributed by atoms with van der Waals surface area (Å²) < 4.78 is 18.2. The van der Waals surface area contributed by atoms with Crippen LogP contribution in [0.15, 0.2) is 18.2 Å². The SMILES string of the molecule is CC(=O)CCOc1ccc(C=O)cc1F. The Morgan fingerprint density at radius 2 is 2.27 bits per heavy atom. The summed E-state index contributed by atoms with van der Waals surface area (Å²) in [5, 5.41) is 0. The van der Waals surface area contributed by atoms with Crippen LogP contribution in [0.1, 0.15) is 23.7 Å². The van der Waals surface area contributed by atoms with Gasteiger partial charge in [-0.2, -0.15) is 0 Å². The van der Waals surface area contributed by atoms with Crippen LogP contribution in [-0.4, -0.2) is 18.7 Å². The first kappa shape index (κ1) is 11.4. The largest absolute Gasteiger partial charge is 0.490 e. The van der Waals surface area contributed by atoms with Crippen molar-refractivity contribution in [2.75, 3.05) is 6.61 Å². The Kier molecular flexibility index (Phi) is 3.97. The Bertz CT molecular complexity index is 374. The number of benzene rings is 1. The quantitative estimate of drug-likeness (QED) is 0.698. The van der Waals surface area contributed by atoms with E-state index < -0.39 is 5.82 Å². The molecule has 0 saturated carbocycles. The minimum absolute atomic E-state index is 0.0140. The van der Waals surface area contributed by atoms with Gasteiger partial charge in [-0.25, -0.2) is 4.39 Å². The molecule has 1 aromatic rings. The van der Waals surface area contributed by atoms with E-state index in [0.29, 0.717) is 6.29 Å². The number of aldehydes is 1. The normalized spacial score (nSPS) is 9.73. The smallest absolute Gasteiger partial charge is 0.165 e. The van der Waals surface area contributed by atoms with Crippen molar-refractivity contribution >= 4 is 12.1 Å². The molecule has 4 heteroatoms. The van der Waals surface area contributed by atoms with Crippen LogP contribution >= 0.6 is 0 Å². The van der Waals surface area contributed by atoms with Crippen LogP contribution in [0, 0.1) is 5.82 Å². The third-order valence-corrected chi connectivity index (χ3v) is 1.80. The van der Waals surface area contributed by atoms with Gasteiger partial charge >= 0.3 is 0 Å². The summed E-state index contributed by atoms with van der Waals surface area (Å²) in [4.78, 5) is 20.9. The van der Waals surface area contributed by atoms with Gasteiger partial charge in [0.25, 0.3) is 0 Å². The highest BCUT2D eigenvalue weighted by molar-refractivity contribution is 5.75. The lowest BCUT2D eigenvalue weighted by Crippen LogP contribution is -2.04. The summed E-state index contributed by atoms with van der Waals surface area (Å²) in [5.41, 5.74) is 0.256. The Balaban J connectivity index is 2.62. The molecule has 3 nitrogen and oxygen atoms in total. The maximum absolute atomic E-state index is 13.2. The number of carbonyl (C=O) groups is 2. The molecule has 0 aliphatic rings. The van der Waals surface area contributed by atoms with Gasteiger partial charge in [0.1, 0.15) is 12.1 Å². The van der Waals surface area contributed by atoms with E-state index in [0.717, 1.165) is 6.07 Å². The van der Waals surface area contributed by atoms with Crippen LogP contribution in [0.25, 0.3) is 0 Å². The fourth-order valence-electron chi connectivity index (χ4n) is 1.01. The second-order valence-corrected chi connectivity index (χ2v) is 3.11. The second-order valence-electron chi connectivity index (χ2n) is 3.11. The van der Waals surface area contributed by atoms with Crippen LogP contribution < -0.4 is 4.74 Å². The third-order valence-electron chi connectivity index (χ3n) is 1.80. The lowest BCUT2D eigenvalue weighted by atomic mass is 10.2. The van der Waals surface area contributed by atoms with Crippen LogP contribution in [-0.2, 0) is 4.79 Å². The van der Waals surface area contributed by atoms with Crippen molar-refractivity contribution in [2.24, 2.45) is 0 Å². The van der Waals surface area contributed by atoms with Gasteiger partial charge in [-0.15, -0.1) is 0 Å². The maximum Gasteiger partial charge on any atom is 0.165 e. The van der Waals surface area contributed by atoms with E-state index >= 15 is 0 Å². The number of halogens is 1. The Morgan fingerprint density at radius 3 is 2.80 bits per heavy atom. The molecule has 0 aromatic heterocycles. The average molecular weight is 210 g/mol. The van der Waals surface area contributed by atoms with E-state index in [4.69, 9.17) is 4.74 Å². The summed E-state index contributed by atoms with van der Waals surface area (Å²) in [6, 6.07) is 3.93. The first-order chi connectivity index (χ1) is 7.13. The molecule has 0 atom stereocenters. The number of hydrogen-bond donors (Lipinski definition) is 0. The fourth-order valence-corrected chi connectivity index (χ4v) is 1.01. The summed E-state index contributed by atoms with van der Waals surface area (Å²) >= 11 is 0. The predicted octanol–water partition coefficient (Wildman–Crippen LogP) is 2.00. The van der Waals surface area contributed by atoms with Gasteiger partial charge in [0, 0.05) is 12.0 Å². The van der Waals surface area contributed by atoms with Crippen LogP contribution in [0.4, 0.5) is 4.39 Å². The second kappa shape index (κ2) is 5.24. The fraction of sp³-hybridized carbons (Fsp3) is 0.273. The molecule has 0 heterocycles. The number of hydrogen-bond acceptors (Lipinski definition) is 3. The van der Waals surface area contributed by atoms with Crippen molar-refractivity contribution in [3.05, 3.63) is 29.6 Å². The Hall–Kier alpha value is -1.71. The van der Waals surface area contributed by atoms with Crippen molar-refractivity contribution in [1.29, 1.82) is 0 Å². The predicted molar refractivity (Wildman–Crippen MR) is 52.6 cm³/mol. The molecule has 15 heavy (non-hydrogen) atoms. The molecule has 1 rings (SSSR count). The molecule has 0 N–H and O–H groups in total. The molecule has 0 fully saturated rings. The minimum Gasteiger partial charge on any atom is -0.490 e. The van der Waals surface area contributed by atoms with E-state index in [1.54, 1.807) is 0 Å².